The highest BCUT2D eigenvalue weighted by atomic mass is 35.5. The normalized spacial score (nSPS) is 14.8. The summed E-state index contributed by atoms with van der Waals surface area (Å²) in [5, 5.41) is 7.09. The average molecular weight is 395 g/mol. The minimum Gasteiger partial charge on any atom is -0.437 e. The number of benzene rings is 1. The first kappa shape index (κ1) is 18.9. The first-order valence-corrected chi connectivity index (χ1v) is 9.18. The van der Waals surface area contributed by atoms with E-state index in [1.54, 1.807) is 36.5 Å². The van der Waals surface area contributed by atoms with Crippen LogP contribution in [0.25, 0.3) is 0 Å². The molecule has 0 atom stereocenters. The van der Waals surface area contributed by atoms with Gasteiger partial charge in [-0.3, -0.25) is 9.69 Å². The lowest BCUT2D eigenvalue weighted by Gasteiger charge is -2.27. The fourth-order valence-corrected chi connectivity index (χ4v) is 3.11. The van der Waals surface area contributed by atoms with Crippen LogP contribution in [0.5, 0.6) is 11.6 Å². The van der Waals surface area contributed by atoms with E-state index < -0.39 is 0 Å². The first-order chi connectivity index (χ1) is 12.6. The third-order valence-electron chi connectivity index (χ3n) is 4.04. The predicted octanol–water partition coefficient (Wildman–Crippen LogP) is 2.82. The number of hydrogen-bond donors (Lipinski definition) is 2. The van der Waals surface area contributed by atoms with Crippen molar-refractivity contribution in [1.82, 2.24) is 20.5 Å². The van der Waals surface area contributed by atoms with Crippen LogP contribution in [0.4, 0.5) is 0 Å². The van der Waals surface area contributed by atoms with Crippen LogP contribution >= 0.6 is 23.2 Å². The van der Waals surface area contributed by atoms with Gasteiger partial charge in [0.15, 0.2) is 0 Å². The summed E-state index contributed by atoms with van der Waals surface area (Å²) in [4.78, 5) is 19.0. The van der Waals surface area contributed by atoms with Gasteiger partial charge in [0.25, 0.3) is 5.91 Å². The molecule has 1 saturated heterocycles. The topological polar surface area (TPSA) is 66.5 Å². The fourth-order valence-electron chi connectivity index (χ4n) is 2.66. The first-order valence-electron chi connectivity index (χ1n) is 8.42. The number of piperazine rings is 1. The zero-order chi connectivity index (χ0) is 18.4. The molecular weight excluding hydrogens is 375 g/mol. The number of nitrogens with one attached hydrogen (secondary N) is 2. The number of pyridine rings is 1. The summed E-state index contributed by atoms with van der Waals surface area (Å²) in [6.07, 6.45) is 1.57. The molecule has 0 unspecified atom stereocenters. The van der Waals surface area contributed by atoms with Crippen molar-refractivity contribution < 1.29 is 9.53 Å². The number of nitrogens with zero attached hydrogens (tertiary/aromatic N) is 2. The summed E-state index contributed by atoms with van der Waals surface area (Å²) in [6, 6.07) is 8.26. The second-order valence-corrected chi connectivity index (χ2v) is 6.72. The van der Waals surface area contributed by atoms with Crippen molar-refractivity contribution in [2.24, 2.45) is 0 Å². The second-order valence-electron chi connectivity index (χ2n) is 5.88. The van der Waals surface area contributed by atoms with Gasteiger partial charge in [-0.05, 0) is 30.3 Å². The third kappa shape index (κ3) is 5.08. The van der Waals surface area contributed by atoms with Gasteiger partial charge in [0, 0.05) is 50.5 Å². The Morgan fingerprint density at radius 3 is 2.85 bits per heavy atom. The maximum absolute atomic E-state index is 12.5. The van der Waals surface area contributed by atoms with Crippen molar-refractivity contribution in [2.45, 2.75) is 0 Å². The van der Waals surface area contributed by atoms with Crippen LogP contribution in [0.3, 0.4) is 0 Å². The van der Waals surface area contributed by atoms with Crippen LogP contribution < -0.4 is 15.4 Å². The van der Waals surface area contributed by atoms with Crippen LogP contribution in [0, 0.1) is 0 Å². The van der Waals surface area contributed by atoms with Gasteiger partial charge >= 0.3 is 0 Å². The van der Waals surface area contributed by atoms with Crippen molar-refractivity contribution in [3.8, 4) is 11.6 Å². The van der Waals surface area contributed by atoms with E-state index in [9.17, 15) is 4.79 Å². The van der Waals surface area contributed by atoms with Gasteiger partial charge in [-0.25, -0.2) is 4.98 Å². The molecule has 2 heterocycles. The Labute approximate surface area is 162 Å². The van der Waals surface area contributed by atoms with Gasteiger partial charge in [0.1, 0.15) is 11.3 Å². The summed E-state index contributed by atoms with van der Waals surface area (Å²) in [5.74, 6) is 0.370. The molecule has 1 fully saturated rings. The number of rotatable bonds is 6. The van der Waals surface area contributed by atoms with E-state index in [0.29, 0.717) is 27.9 Å². The minimum absolute atomic E-state index is 0.205. The molecule has 8 heteroatoms. The van der Waals surface area contributed by atoms with E-state index >= 15 is 0 Å². The highest BCUT2D eigenvalue weighted by molar-refractivity contribution is 6.35. The molecule has 2 aromatic rings. The molecule has 0 spiro atoms. The van der Waals surface area contributed by atoms with Gasteiger partial charge < -0.3 is 15.4 Å². The Kier molecular flexibility index (Phi) is 6.68. The van der Waals surface area contributed by atoms with Crippen LogP contribution in [0.2, 0.25) is 10.0 Å². The molecule has 1 aliphatic rings. The Morgan fingerprint density at radius 2 is 2.08 bits per heavy atom. The molecule has 1 aliphatic heterocycles. The highest BCUT2D eigenvalue weighted by Crippen LogP contribution is 2.31. The number of halogens is 2. The summed E-state index contributed by atoms with van der Waals surface area (Å²) < 4.78 is 5.73. The van der Waals surface area contributed by atoms with E-state index in [1.165, 1.54) is 0 Å². The SMILES string of the molecule is O=C(NCCN1CCNCC1)c1cccnc1Oc1ccc(Cl)cc1Cl. The summed E-state index contributed by atoms with van der Waals surface area (Å²) >= 11 is 12.0. The van der Waals surface area contributed by atoms with Crippen molar-refractivity contribution in [1.29, 1.82) is 0 Å². The molecule has 26 heavy (non-hydrogen) atoms. The lowest BCUT2D eigenvalue weighted by atomic mass is 10.2. The monoisotopic (exact) mass is 394 g/mol. The van der Waals surface area contributed by atoms with Crippen molar-refractivity contribution in [3.63, 3.8) is 0 Å². The molecule has 3 rings (SSSR count). The zero-order valence-electron chi connectivity index (χ0n) is 14.2. The number of hydrogen-bond acceptors (Lipinski definition) is 5. The van der Waals surface area contributed by atoms with Crippen LogP contribution in [0.15, 0.2) is 36.5 Å². The van der Waals surface area contributed by atoms with Gasteiger partial charge in [0.2, 0.25) is 5.88 Å². The molecule has 2 N–H and O–H groups in total. The summed E-state index contributed by atoms with van der Waals surface area (Å²) in [5.41, 5.74) is 0.360. The van der Waals surface area contributed by atoms with E-state index in [1.807, 2.05) is 0 Å². The standard InChI is InChI=1S/C18H20Cl2N4O2/c19-13-3-4-16(15(20)12-13)26-18-14(2-1-5-23-18)17(25)22-8-11-24-9-6-21-7-10-24/h1-5,12,21H,6-11H2,(H,22,25). The lowest BCUT2D eigenvalue weighted by molar-refractivity contribution is 0.0944. The maximum atomic E-state index is 12.5. The van der Waals surface area contributed by atoms with E-state index in [-0.39, 0.29) is 11.8 Å². The number of aromatic nitrogens is 1. The van der Waals surface area contributed by atoms with Crippen LogP contribution in [-0.2, 0) is 0 Å². The number of ether oxygens (including phenoxy) is 1. The quantitative estimate of drug-likeness (QED) is 0.788. The Balaban J connectivity index is 1.63. The van der Waals surface area contributed by atoms with E-state index in [2.05, 4.69) is 20.5 Å². The average Bonchev–Trinajstić information content (AvgIpc) is 2.65. The van der Waals surface area contributed by atoms with Crippen molar-refractivity contribution >= 4 is 29.1 Å². The summed E-state index contributed by atoms with van der Waals surface area (Å²) in [6.45, 7) is 5.33. The molecule has 6 nitrogen and oxygen atoms in total. The largest absolute Gasteiger partial charge is 0.437 e. The third-order valence-corrected chi connectivity index (χ3v) is 4.57. The smallest absolute Gasteiger partial charge is 0.256 e. The Morgan fingerprint density at radius 1 is 1.27 bits per heavy atom. The minimum atomic E-state index is -0.228. The molecule has 0 bridgehead atoms. The molecule has 1 amide bonds. The van der Waals surface area contributed by atoms with Crippen LogP contribution in [0.1, 0.15) is 10.4 Å². The highest BCUT2D eigenvalue weighted by Gasteiger charge is 2.16. The molecule has 1 aromatic carbocycles. The zero-order valence-corrected chi connectivity index (χ0v) is 15.7. The predicted molar refractivity (Wildman–Crippen MR) is 102 cm³/mol. The van der Waals surface area contributed by atoms with Crippen molar-refractivity contribution in [2.75, 3.05) is 39.3 Å². The Hall–Kier alpha value is -1.86. The second kappa shape index (κ2) is 9.19. The molecular formula is C18H20Cl2N4O2. The van der Waals surface area contributed by atoms with Crippen LogP contribution in [-0.4, -0.2) is 55.1 Å². The van der Waals surface area contributed by atoms with Gasteiger partial charge in [-0.1, -0.05) is 23.2 Å². The Bertz CT molecular complexity index is 767. The number of carbonyl (C=O) groups excluding carboxylic acids is 1. The number of carbonyl (C=O) groups is 1. The molecule has 1 aromatic heterocycles. The molecule has 0 radical (unpaired) electrons. The number of amides is 1. The maximum Gasteiger partial charge on any atom is 0.256 e. The van der Waals surface area contributed by atoms with Crippen molar-refractivity contribution in [3.05, 3.63) is 52.1 Å². The molecule has 0 saturated carbocycles. The lowest BCUT2D eigenvalue weighted by Crippen LogP contribution is -2.46. The van der Waals surface area contributed by atoms with Gasteiger partial charge in [-0.15, -0.1) is 0 Å². The van der Waals surface area contributed by atoms with Gasteiger partial charge in [0.05, 0.1) is 5.02 Å². The molecule has 138 valence electrons. The fraction of sp³-hybridized carbons (Fsp3) is 0.333. The van der Waals surface area contributed by atoms with Gasteiger partial charge in [-0.2, -0.15) is 0 Å². The summed E-state index contributed by atoms with van der Waals surface area (Å²) in [7, 11) is 0. The molecule has 0 aliphatic carbocycles. The van der Waals surface area contributed by atoms with E-state index in [4.69, 9.17) is 27.9 Å². The van der Waals surface area contributed by atoms with E-state index in [0.717, 1.165) is 32.7 Å².